The Morgan fingerprint density at radius 2 is 1.74 bits per heavy atom. The molecule has 2 fully saturated rings. The summed E-state index contributed by atoms with van der Waals surface area (Å²) in [5.74, 6) is 0.666. The van der Waals surface area contributed by atoms with E-state index in [1.807, 2.05) is 18.7 Å². The minimum atomic E-state index is -0.405. The van der Waals surface area contributed by atoms with Crippen LogP contribution in [0, 0.1) is 11.8 Å². The molecule has 2 amide bonds. The maximum absolute atomic E-state index is 12.1. The summed E-state index contributed by atoms with van der Waals surface area (Å²) in [6, 6.07) is -0.176. The molecule has 19 heavy (non-hydrogen) atoms. The molecule has 3 N–H and O–H groups in total. The van der Waals surface area contributed by atoms with Gasteiger partial charge in [-0.3, -0.25) is 9.59 Å². The highest BCUT2D eigenvalue weighted by Gasteiger charge is 2.33. The van der Waals surface area contributed by atoms with Crippen LogP contribution in [-0.4, -0.2) is 41.9 Å². The van der Waals surface area contributed by atoms with Gasteiger partial charge in [0.2, 0.25) is 11.8 Å². The molecule has 1 saturated heterocycles. The van der Waals surface area contributed by atoms with E-state index < -0.39 is 6.04 Å². The van der Waals surface area contributed by atoms with Crippen molar-refractivity contribution >= 4 is 11.8 Å². The molecule has 2 aliphatic rings. The van der Waals surface area contributed by atoms with Gasteiger partial charge in [-0.2, -0.15) is 0 Å². The lowest BCUT2D eigenvalue weighted by atomic mass is 10.0. The van der Waals surface area contributed by atoms with E-state index in [-0.39, 0.29) is 29.7 Å². The highest BCUT2D eigenvalue weighted by molar-refractivity contribution is 5.82. The lowest BCUT2D eigenvalue weighted by molar-refractivity contribution is -0.134. The molecular formula is C14H25N3O2. The van der Waals surface area contributed by atoms with Crippen LogP contribution in [0.5, 0.6) is 0 Å². The molecule has 108 valence electrons. The van der Waals surface area contributed by atoms with Crippen molar-refractivity contribution in [3.05, 3.63) is 0 Å². The average Bonchev–Trinajstić information content (AvgIpc) is 3.22. The molecule has 0 aromatic heterocycles. The third-order valence-electron chi connectivity index (χ3n) is 4.10. The Bertz CT molecular complexity index is 345. The molecule has 5 nitrogen and oxygen atoms in total. The Labute approximate surface area is 114 Å². The minimum Gasteiger partial charge on any atom is -0.353 e. The first kappa shape index (κ1) is 14.3. The largest absolute Gasteiger partial charge is 0.353 e. The number of nitrogens with zero attached hydrogens (tertiary/aromatic N) is 1. The number of carbonyl (C=O) groups excluding carboxylic acids is 2. The zero-order valence-electron chi connectivity index (χ0n) is 11.9. The van der Waals surface area contributed by atoms with E-state index in [0.717, 1.165) is 25.7 Å². The van der Waals surface area contributed by atoms with Crippen molar-refractivity contribution in [1.29, 1.82) is 0 Å². The molecule has 1 atom stereocenters. The summed E-state index contributed by atoms with van der Waals surface area (Å²) in [7, 11) is 0. The zero-order valence-corrected chi connectivity index (χ0v) is 11.9. The average molecular weight is 267 g/mol. The van der Waals surface area contributed by atoms with Crippen LogP contribution in [0.4, 0.5) is 0 Å². The Hall–Kier alpha value is -1.10. The predicted octanol–water partition coefficient (Wildman–Crippen LogP) is 0.487. The number of likely N-dealkylation sites (tertiary alicyclic amines) is 1. The smallest absolute Gasteiger partial charge is 0.239 e. The standard InChI is InChI=1S/C14H25N3O2/c1-9(2)12(15)14(19)17-7-5-11(6-8-17)16-13(18)10-3-4-10/h9-12H,3-8,15H2,1-2H3,(H,16,18). The fourth-order valence-corrected chi connectivity index (χ4v) is 2.40. The van der Waals surface area contributed by atoms with Gasteiger partial charge in [0.1, 0.15) is 0 Å². The molecule has 1 heterocycles. The SMILES string of the molecule is CC(C)C(N)C(=O)N1CCC(NC(=O)C2CC2)CC1. The predicted molar refractivity (Wildman–Crippen MR) is 73.3 cm³/mol. The van der Waals surface area contributed by atoms with E-state index in [9.17, 15) is 9.59 Å². The summed E-state index contributed by atoms with van der Waals surface area (Å²) in [6.45, 7) is 5.33. The summed E-state index contributed by atoms with van der Waals surface area (Å²) in [4.78, 5) is 25.6. The molecule has 0 aromatic carbocycles. The molecule has 1 unspecified atom stereocenters. The lowest BCUT2D eigenvalue weighted by Crippen LogP contribution is -2.52. The van der Waals surface area contributed by atoms with Gasteiger partial charge in [-0.1, -0.05) is 13.8 Å². The number of hydrogen-bond acceptors (Lipinski definition) is 3. The molecule has 0 bridgehead atoms. The Morgan fingerprint density at radius 3 is 2.21 bits per heavy atom. The number of carbonyl (C=O) groups is 2. The first-order valence-electron chi connectivity index (χ1n) is 7.33. The van der Waals surface area contributed by atoms with E-state index in [4.69, 9.17) is 5.73 Å². The Kier molecular flexibility index (Phi) is 4.45. The third kappa shape index (κ3) is 3.69. The number of nitrogens with two attached hydrogens (primary N) is 1. The molecule has 1 saturated carbocycles. The normalized spacial score (nSPS) is 22.4. The monoisotopic (exact) mass is 267 g/mol. The van der Waals surface area contributed by atoms with Crippen LogP contribution in [0.25, 0.3) is 0 Å². The van der Waals surface area contributed by atoms with E-state index in [1.54, 1.807) is 0 Å². The Balaban J connectivity index is 1.75. The number of nitrogens with one attached hydrogen (secondary N) is 1. The highest BCUT2D eigenvalue weighted by atomic mass is 16.2. The summed E-state index contributed by atoms with van der Waals surface area (Å²) in [5.41, 5.74) is 5.89. The molecule has 5 heteroatoms. The second-order valence-electron chi connectivity index (χ2n) is 6.15. The topological polar surface area (TPSA) is 75.4 Å². The fourth-order valence-electron chi connectivity index (χ4n) is 2.40. The maximum Gasteiger partial charge on any atom is 0.239 e. The van der Waals surface area contributed by atoms with Crippen LogP contribution >= 0.6 is 0 Å². The van der Waals surface area contributed by atoms with Crippen LogP contribution in [-0.2, 0) is 9.59 Å². The zero-order chi connectivity index (χ0) is 14.0. The highest BCUT2D eigenvalue weighted by Crippen LogP contribution is 2.29. The molecular weight excluding hydrogens is 242 g/mol. The maximum atomic E-state index is 12.1. The van der Waals surface area contributed by atoms with Gasteiger partial charge in [0.15, 0.2) is 0 Å². The van der Waals surface area contributed by atoms with E-state index in [0.29, 0.717) is 13.1 Å². The number of piperidine rings is 1. The second-order valence-corrected chi connectivity index (χ2v) is 6.15. The van der Waals surface area contributed by atoms with Gasteiger partial charge in [-0.15, -0.1) is 0 Å². The van der Waals surface area contributed by atoms with Gasteiger partial charge < -0.3 is 16.0 Å². The molecule has 2 rings (SSSR count). The van der Waals surface area contributed by atoms with Gasteiger partial charge in [0, 0.05) is 25.0 Å². The van der Waals surface area contributed by atoms with E-state index >= 15 is 0 Å². The van der Waals surface area contributed by atoms with Crippen LogP contribution in [0.3, 0.4) is 0 Å². The van der Waals surface area contributed by atoms with Crippen molar-refractivity contribution in [3.8, 4) is 0 Å². The fraction of sp³-hybridized carbons (Fsp3) is 0.857. The number of rotatable bonds is 4. The lowest BCUT2D eigenvalue weighted by Gasteiger charge is -2.34. The molecule has 0 radical (unpaired) electrons. The Morgan fingerprint density at radius 1 is 1.16 bits per heavy atom. The minimum absolute atomic E-state index is 0.0435. The van der Waals surface area contributed by atoms with Crippen LogP contribution < -0.4 is 11.1 Å². The van der Waals surface area contributed by atoms with Crippen LogP contribution in [0.1, 0.15) is 39.5 Å². The van der Waals surface area contributed by atoms with Crippen molar-refractivity contribution in [1.82, 2.24) is 10.2 Å². The van der Waals surface area contributed by atoms with Gasteiger partial charge in [0.05, 0.1) is 6.04 Å². The van der Waals surface area contributed by atoms with Crippen molar-refractivity contribution in [2.75, 3.05) is 13.1 Å². The van der Waals surface area contributed by atoms with Gasteiger partial charge in [-0.25, -0.2) is 0 Å². The summed E-state index contributed by atoms with van der Waals surface area (Å²) >= 11 is 0. The van der Waals surface area contributed by atoms with Crippen molar-refractivity contribution in [3.63, 3.8) is 0 Å². The van der Waals surface area contributed by atoms with E-state index in [1.165, 1.54) is 0 Å². The summed E-state index contributed by atoms with van der Waals surface area (Å²) < 4.78 is 0. The molecule has 0 spiro atoms. The molecule has 1 aliphatic carbocycles. The van der Waals surface area contributed by atoms with Gasteiger partial charge in [-0.05, 0) is 31.6 Å². The summed E-state index contributed by atoms with van der Waals surface area (Å²) in [5, 5.41) is 3.08. The third-order valence-corrected chi connectivity index (χ3v) is 4.10. The van der Waals surface area contributed by atoms with Gasteiger partial charge in [0.25, 0.3) is 0 Å². The van der Waals surface area contributed by atoms with Crippen molar-refractivity contribution in [2.24, 2.45) is 17.6 Å². The van der Waals surface area contributed by atoms with Gasteiger partial charge >= 0.3 is 0 Å². The van der Waals surface area contributed by atoms with Crippen molar-refractivity contribution in [2.45, 2.75) is 51.6 Å². The number of hydrogen-bond donors (Lipinski definition) is 2. The second kappa shape index (κ2) is 5.90. The van der Waals surface area contributed by atoms with Crippen molar-refractivity contribution < 1.29 is 9.59 Å². The first-order chi connectivity index (χ1) is 8.99. The summed E-state index contributed by atoms with van der Waals surface area (Å²) in [6.07, 6.45) is 3.75. The quantitative estimate of drug-likeness (QED) is 0.778. The molecule has 1 aliphatic heterocycles. The van der Waals surface area contributed by atoms with E-state index in [2.05, 4.69) is 5.32 Å². The van der Waals surface area contributed by atoms with Crippen LogP contribution in [0.2, 0.25) is 0 Å². The first-order valence-corrected chi connectivity index (χ1v) is 7.33. The van der Waals surface area contributed by atoms with Crippen LogP contribution in [0.15, 0.2) is 0 Å². The molecule has 0 aromatic rings. The number of amides is 2.